The maximum absolute atomic E-state index is 4.94. The Morgan fingerprint density at radius 2 is 1.56 bits per heavy atom. The first kappa shape index (κ1) is 15.6. The molecule has 2 aromatic carbocycles. The molecule has 0 radical (unpaired) electrons. The van der Waals surface area contributed by atoms with E-state index in [1.165, 1.54) is 22.3 Å². The Morgan fingerprint density at radius 3 is 2.28 bits per heavy atom. The molecule has 3 nitrogen and oxygen atoms in total. The zero-order valence-corrected chi connectivity index (χ0v) is 15.0. The molecule has 4 rings (SSSR count). The standard InChI is InChI=1S/C22H21N3/c1-14-9-8-10-18(13-14)20-15(2)21-17(4)24-25(22(21)23-16(20)3)19-11-6-5-7-12-19/h5-13H,1-4H3. The van der Waals surface area contributed by atoms with E-state index in [1.807, 2.05) is 22.9 Å². The molecule has 0 spiro atoms. The SMILES string of the molecule is Cc1cccc(-c2c(C)nc3c(c(C)nn3-c3ccccc3)c2C)c1. The lowest BCUT2D eigenvalue weighted by molar-refractivity contribution is 0.875. The van der Waals surface area contributed by atoms with E-state index in [2.05, 4.69) is 64.1 Å². The van der Waals surface area contributed by atoms with Crippen LogP contribution in [0.4, 0.5) is 0 Å². The second-order valence-corrected chi connectivity index (χ2v) is 6.60. The Labute approximate surface area is 148 Å². The Bertz CT molecular complexity index is 1080. The second kappa shape index (κ2) is 5.85. The van der Waals surface area contributed by atoms with Crippen molar-refractivity contribution in [3.05, 3.63) is 77.1 Å². The van der Waals surface area contributed by atoms with Gasteiger partial charge in [0, 0.05) is 16.6 Å². The average molecular weight is 327 g/mol. The van der Waals surface area contributed by atoms with Crippen molar-refractivity contribution >= 4 is 11.0 Å². The van der Waals surface area contributed by atoms with Crippen molar-refractivity contribution < 1.29 is 0 Å². The minimum atomic E-state index is 0.926. The van der Waals surface area contributed by atoms with Gasteiger partial charge < -0.3 is 0 Å². The molecule has 0 N–H and O–H groups in total. The normalized spacial score (nSPS) is 11.2. The number of fused-ring (bicyclic) bond motifs is 1. The van der Waals surface area contributed by atoms with Crippen LogP contribution >= 0.6 is 0 Å². The van der Waals surface area contributed by atoms with Crippen molar-refractivity contribution in [3.8, 4) is 16.8 Å². The summed E-state index contributed by atoms with van der Waals surface area (Å²) in [4.78, 5) is 4.94. The van der Waals surface area contributed by atoms with Gasteiger partial charge in [0.15, 0.2) is 5.65 Å². The third-order valence-corrected chi connectivity index (χ3v) is 4.73. The predicted octanol–water partition coefficient (Wildman–Crippen LogP) is 5.32. The van der Waals surface area contributed by atoms with Crippen LogP contribution in [0.5, 0.6) is 0 Å². The highest BCUT2D eigenvalue weighted by molar-refractivity contribution is 5.90. The summed E-state index contributed by atoms with van der Waals surface area (Å²) in [6.45, 7) is 8.45. The quantitative estimate of drug-likeness (QED) is 0.499. The summed E-state index contributed by atoms with van der Waals surface area (Å²) in [6, 6.07) is 18.8. The van der Waals surface area contributed by atoms with Gasteiger partial charge in [0.1, 0.15) is 0 Å². The smallest absolute Gasteiger partial charge is 0.163 e. The molecule has 0 fully saturated rings. The van der Waals surface area contributed by atoms with Crippen LogP contribution in [0, 0.1) is 27.7 Å². The summed E-state index contributed by atoms with van der Waals surface area (Å²) in [7, 11) is 0. The highest BCUT2D eigenvalue weighted by Gasteiger charge is 2.18. The lowest BCUT2D eigenvalue weighted by Gasteiger charge is -2.12. The molecule has 0 bridgehead atoms. The fraction of sp³-hybridized carbons (Fsp3) is 0.182. The van der Waals surface area contributed by atoms with E-state index in [0.29, 0.717) is 0 Å². The number of hydrogen-bond acceptors (Lipinski definition) is 2. The highest BCUT2D eigenvalue weighted by Crippen LogP contribution is 2.33. The minimum absolute atomic E-state index is 0.926. The summed E-state index contributed by atoms with van der Waals surface area (Å²) in [5.74, 6) is 0. The van der Waals surface area contributed by atoms with Crippen LogP contribution in [0.25, 0.3) is 27.8 Å². The summed E-state index contributed by atoms with van der Waals surface area (Å²) in [5.41, 5.74) is 8.94. The zero-order valence-electron chi connectivity index (χ0n) is 15.0. The number of hydrogen-bond donors (Lipinski definition) is 0. The first-order chi connectivity index (χ1) is 12.1. The molecule has 0 aliphatic carbocycles. The van der Waals surface area contributed by atoms with Crippen molar-refractivity contribution in [1.29, 1.82) is 0 Å². The molecule has 2 aromatic heterocycles. The maximum Gasteiger partial charge on any atom is 0.163 e. The molecule has 0 unspecified atom stereocenters. The van der Waals surface area contributed by atoms with E-state index >= 15 is 0 Å². The molecule has 4 aromatic rings. The molecular formula is C22H21N3. The van der Waals surface area contributed by atoms with Gasteiger partial charge in [-0.2, -0.15) is 5.10 Å². The van der Waals surface area contributed by atoms with Gasteiger partial charge in [-0.3, -0.25) is 0 Å². The number of para-hydroxylation sites is 1. The van der Waals surface area contributed by atoms with Crippen LogP contribution in [0.1, 0.15) is 22.5 Å². The third kappa shape index (κ3) is 2.52. The fourth-order valence-electron chi connectivity index (χ4n) is 3.64. The number of aryl methyl sites for hydroxylation is 4. The van der Waals surface area contributed by atoms with Crippen molar-refractivity contribution in [2.75, 3.05) is 0 Å². The summed E-state index contributed by atoms with van der Waals surface area (Å²) in [6.07, 6.45) is 0. The Kier molecular flexibility index (Phi) is 3.65. The average Bonchev–Trinajstić information content (AvgIpc) is 2.92. The van der Waals surface area contributed by atoms with Crippen LogP contribution in [0.15, 0.2) is 54.6 Å². The van der Waals surface area contributed by atoms with Gasteiger partial charge in [-0.15, -0.1) is 0 Å². The van der Waals surface area contributed by atoms with Crippen LogP contribution in [0.2, 0.25) is 0 Å². The summed E-state index contributed by atoms with van der Waals surface area (Å²) < 4.78 is 1.95. The lowest BCUT2D eigenvalue weighted by atomic mass is 9.95. The van der Waals surface area contributed by atoms with Crippen LogP contribution in [-0.4, -0.2) is 14.8 Å². The first-order valence-electron chi connectivity index (χ1n) is 8.55. The lowest BCUT2D eigenvalue weighted by Crippen LogP contribution is -2.00. The van der Waals surface area contributed by atoms with Gasteiger partial charge in [0.25, 0.3) is 0 Å². The molecule has 0 saturated heterocycles. The van der Waals surface area contributed by atoms with E-state index in [1.54, 1.807) is 0 Å². The zero-order chi connectivity index (χ0) is 17.6. The van der Waals surface area contributed by atoms with E-state index in [4.69, 9.17) is 10.1 Å². The van der Waals surface area contributed by atoms with Crippen molar-refractivity contribution in [3.63, 3.8) is 0 Å². The molecule has 0 amide bonds. The minimum Gasteiger partial charge on any atom is -0.233 e. The molecule has 0 aliphatic rings. The molecule has 2 heterocycles. The van der Waals surface area contributed by atoms with Gasteiger partial charge >= 0.3 is 0 Å². The van der Waals surface area contributed by atoms with E-state index in [0.717, 1.165) is 28.1 Å². The third-order valence-electron chi connectivity index (χ3n) is 4.73. The first-order valence-corrected chi connectivity index (χ1v) is 8.55. The molecule has 3 heteroatoms. The number of pyridine rings is 1. The summed E-state index contributed by atoms with van der Waals surface area (Å²) in [5, 5.41) is 5.91. The molecule has 25 heavy (non-hydrogen) atoms. The topological polar surface area (TPSA) is 30.7 Å². The monoisotopic (exact) mass is 327 g/mol. The number of benzene rings is 2. The van der Waals surface area contributed by atoms with Crippen molar-refractivity contribution in [2.45, 2.75) is 27.7 Å². The Morgan fingerprint density at radius 1 is 0.800 bits per heavy atom. The molecule has 0 atom stereocenters. The number of nitrogens with zero attached hydrogens (tertiary/aromatic N) is 3. The molecule has 0 saturated carbocycles. The van der Waals surface area contributed by atoms with E-state index in [9.17, 15) is 0 Å². The van der Waals surface area contributed by atoms with Crippen LogP contribution in [0.3, 0.4) is 0 Å². The van der Waals surface area contributed by atoms with Gasteiger partial charge in [0.05, 0.1) is 11.4 Å². The number of rotatable bonds is 2. The Hall–Kier alpha value is -2.94. The highest BCUT2D eigenvalue weighted by atomic mass is 15.3. The van der Waals surface area contributed by atoms with Gasteiger partial charge in [0.2, 0.25) is 0 Å². The van der Waals surface area contributed by atoms with Gasteiger partial charge in [-0.1, -0.05) is 48.0 Å². The van der Waals surface area contributed by atoms with Gasteiger partial charge in [-0.05, 0) is 51.0 Å². The van der Waals surface area contributed by atoms with E-state index < -0.39 is 0 Å². The van der Waals surface area contributed by atoms with Crippen molar-refractivity contribution in [2.24, 2.45) is 0 Å². The maximum atomic E-state index is 4.94. The Balaban J connectivity index is 2.03. The van der Waals surface area contributed by atoms with Gasteiger partial charge in [-0.25, -0.2) is 9.67 Å². The van der Waals surface area contributed by atoms with Crippen molar-refractivity contribution in [1.82, 2.24) is 14.8 Å². The molecular weight excluding hydrogens is 306 g/mol. The predicted molar refractivity (Wildman–Crippen MR) is 103 cm³/mol. The molecule has 0 aliphatic heterocycles. The number of aromatic nitrogens is 3. The van der Waals surface area contributed by atoms with Crippen LogP contribution < -0.4 is 0 Å². The summed E-state index contributed by atoms with van der Waals surface area (Å²) >= 11 is 0. The molecule has 124 valence electrons. The largest absolute Gasteiger partial charge is 0.233 e. The van der Waals surface area contributed by atoms with Crippen LogP contribution in [-0.2, 0) is 0 Å². The fourth-order valence-corrected chi connectivity index (χ4v) is 3.64. The second-order valence-electron chi connectivity index (χ2n) is 6.60. The van der Waals surface area contributed by atoms with E-state index in [-0.39, 0.29) is 0 Å².